The second-order valence-corrected chi connectivity index (χ2v) is 5.02. The molecule has 0 unspecified atom stereocenters. The Morgan fingerprint density at radius 3 is 3.00 bits per heavy atom. The largest absolute Gasteiger partial charge is 0.353 e. The van der Waals surface area contributed by atoms with Crippen molar-refractivity contribution in [2.45, 2.75) is 32.2 Å². The van der Waals surface area contributed by atoms with E-state index in [1.165, 1.54) is 0 Å². The summed E-state index contributed by atoms with van der Waals surface area (Å²) in [5.41, 5.74) is 1.01. The van der Waals surface area contributed by atoms with Gasteiger partial charge in [0.15, 0.2) is 0 Å². The van der Waals surface area contributed by atoms with Crippen molar-refractivity contribution in [3.63, 3.8) is 0 Å². The van der Waals surface area contributed by atoms with E-state index in [9.17, 15) is 14.4 Å². The fourth-order valence-electron chi connectivity index (χ4n) is 1.97. The maximum absolute atomic E-state index is 11.9. The second-order valence-electron chi connectivity index (χ2n) is 5.02. The summed E-state index contributed by atoms with van der Waals surface area (Å²) >= 11 is 0. The molecule has 22 heavy (non-hydrogen) atoms. The Morgan fingerprint density at radius 1 is 1.50 bits per heavy atom. The van der Waals surface area contributed by atoms with Gasteiger partial charge in [-0.05, 0) is 32.1 Å². The lowest BCUT2D eigenvalue weighted by Crippen LogP contribution is -2.38. The zero-order chi connectivity index (χ0) is 15.9. The first-order chi connectivity index (χ1) is 10.6. The quantitative estimate of drug-likeness (QED) is 0.337. The molecule has 1 heterocycles. The van der Waals surface area contributed by atoms with Crippen molar-refractivity contribution in [1.29, 1.82) is 0 Å². The number of hydrazone groups is 1. The highest BCUT2D eigenvalue weighted by atomic mass is 16.2. The van der Waals surface area contributed by atoms with Crippen LogP contribution in [0.2, 0.25) is 0 Å². The highest BCUT2D eigenvalue weighted by molar-refractivity contribution is 5.84. The summed E-state index contributed by atoms with van der Waals surface area (Å²) in [5, 5.41) is 12.2. The van der Waals surface area contributed by atoms with Crippen LogP contribution in [0.5, 0.6) is 0 Å². The van der Waals surface area contributed by atoms with Gasteiger partial charge in [-0.1, -0.05) is 12.2 Å². The predicted molar refractivity (Wildman–Crippen MR) is 81.7 cm³/mol. The van der Waals surface area contributed by atoms with Crippen LogP contribution in [-0.2, 0) is 4.79 Å². The molecule has 9 heteroatoms. The minimum absolute atomic E-state index is 0.136. The van der Waals surface area contributed by atoms with Crippen LogP contribution in [0.3, 0.4) is 0 Å². The summed E-state index contributed by atoms with van der Waals surface area (Å²) in [6, 6.07) is -0.733. The number of allylic oxidation sites excluding steroid dienone is 2. The lowest BCUT2D eigenvalue weighted by Gasteiger charge is -2.13. The van der Waals surface area contributed by atoms with E-state index in [4.69, 9.17) is 0 Å². The molecule has 0 aliphatic heterocycles. The Labute approximate surface area is 125 Å². The van der Waals surface area contributed by atoms with Crippen LogP contribution >= 0.6 is 0 Å². The van der Waals surface area contributed by atoms with Gasteiger partial charge in [0.2, 0.25) is 5.82 Å². The third-order valence-corrected chi connectivity index (χ3v) is 3.23. The van der Waals surface area contributed by atoms with Gasteiger partial charge < -0.3 is 5.32 Å². The molecular weight excluding hydrogens is 288 g/mol. The Kier molecular flexibility index (Phi) is 5.23. The lowest BCUT2D eigenvalue weighted by molar-refractivity contribution is -0.121. The molecule has 118 valence electrons. The Balaban J connectivity index is 1.86. The molecule has 2 rings (SSSR count). The van der Waals surface area contributed by atoms with Crippen molar-refractivity contribution in [3.05, 3.63) is 33.0 Å². The number of carbonyl (C=O) groups is 1. The average Bonchev–Trinajstić information content (AvgIpc) is 2.51. The molecule has 0 spiro atoms. The molecule has 0 radical (unpaired) electrons. The Hall–Kier alpha value is -2.71. The summed E-state index contributed by atoms with van der Waals surface area (Å²) in [6.45, 7) is 1.56. The molecule has 2 atom stereocenters. The van der Waals surface area contributed by atoms with Crippen molar-refractivity contribution in [1.82, 2.24) is 20.6 Å². The summed E-state index contributed by atoms with van der Waals surface area (Å²) in [4.78, 5) is 36.2. The molecule has 0 saturated heterocycles. The van der Waals surface area contributed by atoms with Gasteiger partial charge in [0.1, 0.15) is 6.04 Å². The topological polar surface area (TPSA) is 132 Å². The number of carbonyl (C=O) groups excluding carboxylic acids is 1. The van der Waals surface area contributed by atoms with E-state index in [1.54, 1.807) is 13.1 Å². The minimum Gasteiger partial charge on any atom is -0.353 e. The van der Waals surface area contributed by atoms with E-state index in [0.29, 0.717) is 5.92 Å². The Morgan fingerprint density at radius 2 is 2.32 bits per heavy atom. The summed E-state index contributed by atoms with van der Waals surface area (Å²) in [6.07, 6.45) is 8.90. The normalized spacial score (nSPS) is 19.0. The fourth-order valence-corrected chi connectivity index (χ4v) is 1.97. The van der Waals surface area contributed by atoms with E-state index in [1.807, 2.05) is 4.98 Å². The van der Waals surface area contributed by atoms with Crippen LogP contribution in [0.1, 0.15) is 26.2 Å². The van der Waals surface area contributed by atoms with Crippen LogP contribution in [-0.4, -0.2) is 33.3 Å². The number of hydrogen-bond acceptors (Lipinski definition) is 6. The Bertz CT molecular complexity index is 690. The summed E-state index contributed by atoms with van der Waals surface area (Å²) in [7, 11) is 0. The highest BCUT2D eigenvalue weighted by Gasteiger charge is 2.15. The fraction of sp³-hybridized carbons (Fsp3) is 0.462. The maximum atomic E-state index is 11.9. The molecule has 9 nitrogen and oxygen atoms in total. The molecule has 0 fully saturated rings. The van der Waals surface area contributed by atoms with Crippen LogP contribution < -0.4 is 22.0 Å². The molecular formula is C13H18N6O3. The third kappa shape index (κ3) is 4.40. The first-order valence-corrected chi connectivity index (χ1v) is 7.00. The zero-order valence-electron chi connectivity index (χ0n) is 12.1. The molecule has 0 saturated carbocycles. The van der Waals surface area contributed by atoms with E-state index >= 15 is 0 Å². The molecule has 1 aliphatic rings. The smallest absolute Gasteiger partial charge is 0.342 e. The number of rotatable bonds is 5. The highest BCUT2D eigenvalue weighted by Crippen LogP contribution is 2.15. The van der Waals surface area contributed by atoms with E-state index in [-0.39, 0.29) is 5.82 Å². The molecule has 1 aliphatic carbocycles. The van der Waals surface area contributed by atoms with Gasteiger partial charge >= 0.3 is 5.69 Å². The van der Waals surface area contributed by atoms with Gasteiger partial charge in [0.05, 0.1) is 0 Å². The van der Waals surface area contributed by atoms with Crippen molar-refractivity contribution >= 4 is 17.9 Å². The van der Waals surface area contributed by atoms with E-state index < -0.39 is 23.2 Å². The van der Waals surface area contributed by atoms with Crippen LogP contribution in [0.4, 0.5) is 5.82 Å². The number of aromatic amines is 2. The number of nitrogens with one attached hydrogen (secondary N) is 4. The first kappa shape index (κ1) is 15.7. The predicted octanol–water partition coefficient (Wildman–Crippen LogP) is -0.283. The lowest BCUT2D eigenvalue weighted by atomic mass is 9.96. The number of nitrogens with zero attached hydrogens (tertiary/aromatic N) is 2. The summed E-state index contributed by atoms with van der Waals surface area (Å²) in [5.74, 6) is -0.212. The van der Waals surface area contributed by atoms with E-state index in [0.717, 1.165) is 19.3 Å². The SMILES string of the molecule is C[C@@H](Nc1n[nH]c(=O)[nH]c1=O)C(=O)N/N=C\[C@H]1CC=CCC1. The maximum Gasteiger partial charge on any atom is 0.342 e. The second kappa shape index (κ2) is 7.34. The van der Waals surface area contributed by atoms with Gasteiger partial charge in [-0.15, -0.1) is 5.10 Å². The number of anilines is 1. The molecule has 0 bridgehead atoms. The van der Waals surface area contributed by atoms with Gasteiger partial charge in [-0.25, -0.2) is 15.3 Å². The van der Waals surface area contributed by atoms with Crippen LogP contribution in [0, 0.1) is 5.92 Å². The number of amides is 1. The monoisotopic (exact) mass is 306 g/mol. The third-order valence-electron chi connectivity index (χ3n) is 3.23. The zero-order valence-corrected chi connectivity index (χ0v) is 12.1. The van der Waals surface area contributed by atoms with Gasteiger partial charge in [0.25, 0.3) is 11.5 Å². The number of H-pyrrole nitrogens is 2. The molecule has 1 aromatic rings. The molecule has 1 amide bonds. The molecule has 4 N–H and O–H groups in total. The van der Waals surface area contributed by atoms with Crippen molar-refractivity contribution in [2.75, 3.05) is 5.32 Å². The number of hydrogen-bond donors (Lipinski definition) is 4. The van der Waals surface area contributed by atoms with Crippen molar-refractivity contribution in [3.8, 4) is 0 Å². The van der Waals surface area contributed by atoms with Crippen molar-refractivity contribution in [2.24, 2.45) is 11.0 Å². The number of aromatic nitrogens is 3. The van der Waals surface area contributed by atoms with E-state index in [2.05, 4.69) is 38.2 Å². The first-order valence-electron chi connectivity index (χ1n) is 7.00. The van der Waals surface area contributed by atoms with Crippen LogP contribution in [0.25, 0.3) is 0 Å². The minimum atomic E-state index is -0.733. The average molecular weight is 306 g/mol. The molecule has 1 aromatic heterocycles. The van der Waals surface area contributed by atoms with Gasteiger partial charge in [-0.2, -0.15) is 5.10 Å². The standard InChI is InChI=1S/C13H18N6O3/c1-8(15-10-12(21)16-13(22)19-17-10)11(20)18-14-7-9-5-3-2-4-6-9/h2-3,7-9H,4-6H2,1H3,(H,15,17)(H,18,20)(H2,16,19,21,22)/b14-7-/t8-,9+/m1/s1. The van der Waals surface area contributed by atoms with Gasteiger partial charge in [-0.3, -0.25) is 14.6 Å². The van der Waals surface area contributed by atoms with Crippen LogP contribution in [0.15, 0.2) is 26.8 Å². The summed E-state index contributed by atoms with van der Waals surface area (Å²) < 4.78 is 0. The van der Waals surface area contributed by atoms with Crippen molar-refractivity contribution < 1.29 is 4.79 Å². The van der Waals surface area contributed by atoms with Gasteiger partial charge in [0, 0.05) is 6.21 Å². The molecule has 0 aromatic carbocycles.